The predicted octanol–water partition coefficient (Wildman–Crippen LogP) is 4.18. The van der Waals surface area contributed by atoms with Gasteiger partial charge in [-0.3, -0.25) is 9.69 Å². The molecule has 0 aliphatic carbocycles. The van der Waals surface area contributed by atoms with Crippen LogP contribution in [0.2, 0.25) is 5.02 Å². The molecule has 0 radical (unpaired) electrons. The number of carbonyl (C=O) groups excluding carboxylic acids is 3. The number of amides is 3. The zero-order chi connectivity index (χ0) is 24.7. The summed E-state index contributed by atoms with van der Waals surface area (Å²) in [5.41, 5.74) is 1.92. The molecule has 34 heavy (non-hydrogen) atoms. The summed E-state index contributed by atoms with van der Waals surface area (Å²) in [6.07, 6.45) is 2.56. The Bertz CT molecular complexity index is 1010. The van der Waals surface area contributed by atoms with Crippen LogP contribution in [-0.4, -0.2) is 59.3 Å². The minimum atomic E-state index is -0.475. The average Bonchev–Trinajstić information content (AvgIpc) is 2.82. The van der Waals surface area contributed by atoms with Crippen LogP contribution in [0.4, 0.5) is 0 Å². The molecule has 1 N–H and O–H groups in total. The van der Waals surface area contributed by atoms with Gasteiger partial charge in [-0.15, -0.1) is 0 Å². The number of nitrogens with zero attached hydrogens (tertiary/aromatic N) is 2. The molecule has 2 aromatic rings. The van der Waals surface area contributed by atoms with Gasteiger partial charge in [0.15, 0.2) is 6.54 Å². The predicted molar refractivity (Wildman–Crippen MR) is 142 cm³/mol. The van der Waals surface area contributed by atoms with E-state index in [-0.39, 0.29) is 37.4 Å². The molecule has 2 atom stereocenters. The van der Waals surface area contributed by atoms with Gasteiger partial charge in [0.05, 0.1) is 0 Å². The highest BCUT2D eigenvalue weighted by atomic mass is 127. The van der Waals surface area contributed by atoms with E-state index in [2.05, 4.69) is 34.8 Å². The van der Waals surface area contributed by atoms with Gasteiger partial charge in [0.1, 0.15) is 19.1 Å². The number of imide groups is 1. The van der Waals surface area contributed by atoms with Crippen LogP contribution in [0.3, 0.4) is 0 Å². The Morgan fingerprint density at radius 3 is 2.41 bits per heavy atom. The van der Waals surface area contributed by atoms with Crippen molar-refractivity contribution in [2.75, 3.05) is 26.2 Å². The fraction of sp³-hybridized carbons (Fsp3) is 0.423. The number of carbonyl (C=O) groups is 3. The van der Waals surface area contributed by atoms with E-state index in [1.165, 1.54) is 0 Å². The number of nitrogens with one attached hydrogen (secondary N) is 1. The summed E-state index contributed by atoms with van der Waals surface area (Å²) < 4.78 is 0.597. The average molecular weight is 597 g/mol. The van der Waals surface area contributed by atoms with E-state index >= 15 is 0 Å². The lowest BCUT2D eigenvalue weighted by Gasteiger charge is -2.42. The zero-order valence-electron chi connectivity index (χ0n) is 19.7. The first-order valence-electron chi connectivity index (χ1n) is 11.7. The smallest absolute Gasteiger partial charge is 0.338 e. The molecule has 1 fully saturated rings. The Labute approximate surface area is 220 Å². The molecule has 8 heteroatoms. The van der Waals surface area contributed by atoms with Gasteiger partial charge in [-0.25, -0.2) is 9.59 Å². The lowest BCUT2D eigenvalue weighted by molar-refractivity contribution is -0.789. The number of hydrogen-bond acceptors (Lipinski definition) is 4. The normalized spacial score (nSPS) is 21.0. The second kappa shape index (κ2) is 12.2. The molecule has 182 valence electrons. The maximum atomic E-state index is 13.7. The lowest BCUT2D eigenvalue weighted by atomic mass is 10.0. The number of piperazine rings is 1. The van der Waals surface area contributed by atoms with Crippen LogP contribution in [-0.2, 0) is 27.3 Å². The molecule has 0 spiro atoms. The van der Waals surface area contributed by atoms with E-state index in [0.29, 0.717) is 24.5 Å². The van der Waals surface area contributed by atoms with Crippen molar-refractivity contribution in [2.45, 2.75) is 45.7 Å². The molecule has 3 rings (SSSR count). The summed E-state index contributed by atoms with van der Waals surface area (Å²) >= 11 is 8.16. The largest absolute Gasteiger partial charge is 0.351 e. The minimum absolute atomic E-state index is 0.176. The van der Waals surface area contributed by atoms with Gasteiger partial charge in [0.2, 0.25) is 0 Å². The van der Waals surface area contributed by atoms with Crippen molar-refractivity contribution in [3.05, 3.63) is 68.3 Å². The standard InChI is InChI=1S/C26H31ClIN3O3/c1-3-4-15-30-16-25(33)31(26(34)19(30)2,17-21-7-11-23(28)12-8-21)18-24(32)29-14-13-20-5-9-22(27)10-6-20/h5-12,19H,3-4,13-18H2,1-2H3/p+1. The molecule has 6 nitrogen and oxygen atoms in total. The number of quaternary nitrogens is 1. The molecular formula is C26H32ClIN3O3+. The number of hydrogen-bond donors (Lipinski definition) is 1. The van der Waals surface area contributed by atoms with Crippen LogP contribution in [0.15, 0.2) is 48.5 Å². The Hall–Kier alpha value is -1.81. The van der Waals surface area contributed by atoms with Crippen molar-refractivity contribution < 1.29 is 18.9 Å². The number of unbranched alkanes of at least 4 members (excludes halogenated alkanes) is 1. The second-order valence-electron chi connectivity index (χ2n) is 8.87. The number of benzene rings is 2. The van der Waals surface area contributed by atoms with Crippen LogP contribution in [0.1, 0.15) is 37.8 Å². The minimum Gasteiger partial charge on any atom is -0.351 e. The summed E-state index contributed by atoms with van der Waals surface area (Å²) in [5.74, 6) is -0.722. The second-order valence-corrected chi connectivity index (χ2v) is 10.6. The SMILES string of the molecule is CCCCN1CC(=O)[N+](CC(=O)NCCc2ccc(Cl)cc2)(Cc2ccc(I)cc2)C(=O)C1C. The third-order valence-corrected chi connectivity index (χ3v) is 7.34. The summed E-state index contributed by atoms with van der Waals surface area (Å²) in [6.45, 7) is 5.24. The molecule has 1 aliphatic rings. The van der Waals surface area contributed by atoms with Crippen molar-refractivity contribution >= 4 is 51.9 Å². The van der Waals surface area contributed by atoms with Gasteiger partial charge in [-0.1, -0.05) is 49.2 Å². The number of rotatable bonds is 10. The third kappa shape index (κ3) is 6.65. The zero-order valence-corrected chi connectivity index (χ0v) is 22.6. The van der Waals surface area contributed by atoms with E-state index < -0.39 is 10.5 Å². The van der Waals surface area contributed by atoms with Crippen molar-refractivity contribution in [2.24, 2.45) is 0 Å². The Balaban J connectivity index is 1.76. The molecule has 2 unspecified atom stereocenters. The molecule has 3 amide bonds. The maximum absolute atomic E-state index is 13.7. The van der Waals surface area contributed by atoms with Gasteiger partial charge in [-0.05, 0) is 78.7 Å². The summed E-state index contributed by atoms with van der Waals surface area (Å²) in [7, 11) is 0. The quantitative estimate of drug-likeness (QED) is 0.254. The van der Waals surface area contributed by atoms with E-state index in [9.17, 15) is 14.4 Å². The van der Waals surface area contributed by atoms with Crippen LogP contribution >= 0.6 is 34.2 Å². The Kier molecular flexibility index (Phi) is 9.65. The Morgan fingerprint density at radius 2 is 1.76 bits per heavy atom. The van der Waals surface area contributed by atoms with E-state index in [4.69, 9.17) is 11.6 Å². The lowest BCUT2D eigenvalue weighted by Crippen LogP contribution is -2.71. The molecule has 1 heterocycles. The van der Waals surface area contributed by atoms with Crippen LogP contribution in [0, 0.1) is 3.57 Å². The summed E-state index contributed by atoms with van der Waals surface area (Å²) in [5, 5.41) is 3.57. The molecule has 1 saturated heterocycles. The topological polar surface area (TPSA) is 66.5 Å². The summed E-state index contributed by atoms with van der Waals surface area (Å²) in [4.78, 5) is 42.1. The first-order valence-corrected chi connectivity index (χ1v) is 13.2. The van der Waals surface area contributed by atoms with Crippen molar-refractivity contribution in [1.82, 2.24) is 10.2 Å². The molecule has 0 aromatic heterocycles. The first kappa shape index (κ1) is 26.8. The van der Waals surface area contributed by atoms with Gasteiger partial charge in [-0.2, -0.15) is 4.48 Å². The highest BCUT2D eigenvalue weighted by Crippen LogP contribution is 2.26. The van der Waals surface area contributed by atoms with Crippen molar-refractivity contribution in [1.29, 1.82) is 0 Å². The highest BCUT2D eigenvalue weighted by Gasteiger charge is 2.53. The van der Waals surface area contributed by atoms with Crippen molar-refractivity contribution in [3.63, 3.8) is 0 Å². The fourth-order valence-corrected chi connectivity index (χ4v) is 4.79. The summed E-state index contributed by atoms with van der Waals surface area (Å²) in [6, 6.07) is 14.8. The molecule has 1 aliphatic heterocycles. The monoisotopic (exact) mass is 596 g/mol. The number of halogens is 2. The maximum Gasteiger partial charge on any atom is 0.338 e. The van der Waals surface area contributed by atoms with Crippen molar-refractivity contribution in [3.8, 4) is 0 Å². The van der Waals surface area contributed by atoms with Gasteiger partial charge >= 0.3 is 11.8 Å². The van der Waals surface area contributed by atoms with Gasteiger partial charge in [0.25, 0.3) is 5.91 Å². The molecule has 0 saturated carbocycles. The van der Waals surface area contributed by atoms with E-state index in [1.54, 1.807) is 0 Å². The molecule has 0 bridgehead atoms. The first-order chi connectivity index (χ1) is 16.2. The van der Waals surface area contributed by atoms with Crippen LogP contribution < -0.4 is 5.32 Å². The van der Waals surface area contributed by atoms with E-state index in [1.807, 2.05) is 60.4 Å². The van der Waals surface area contributed by atoms with E-state index in [0.717, 1.165) is 27.5 Å². The van der Waals surface area contributed by atoms with Crippen LogP contribution in [0.25, 0.3) is 0 Å². The third-order valence-electron chi connectivity index (χ3n) is 6.37. The van der Waals surface area contributed by atoms with Gasteiger partial charge < -0.3 is 5.32 Å². The highest BCUT2D eigenvalue weighted by molar-refractivity contribution is 14.1. The fourth-order valence-electron chi connectivity index (χ4n) is 4.30. The Morgan fingerprint density at radius 1 is 1.12 bits per heavy atom. The molecular weight excluding hydrogens is 565 g/mol. The van der Waals surface area contributed by atoms with Crippen LogP contribution in [0.5, 0.6) is 0 Å². The van der Waals surface area contributed by atoms with Gasteiger partial charge in [0, 0.05) is 20.7 Å². The molecule has 2 aromatic carbocycles.